The van der Waals surface area contributed by atoms with Crippen molar-refractivity contribution < 1.29 is 14.9 Å². The highest BCUT2D eigenvalue weighted by Crippen LogP contribution is 2.26. The lowest BCUT2D eigenvalue weighted by molar-refractivity contribution is 0.407. The van der Waals surface area contributed by atoms with Crippen molar-refractivity contribution in [1.82, 2.24) is 0 Å². The van der Waals surface area contributed by atoms with Gasteiger partial charge >= 0.3 is 0 Å². The molecule has 0 aromatic heterocycles. The quantitative estimate of drug-likeness (QED) is 0.768. The van der Waals surface area contributed by atoms with Crippen molar-refractivity contribution in [3.8, 4) is 17.2 Å². The summed E-state index contributed by atoms with van der Waals surface area (Å²) < 4.78 is 5.17. The summed E-state index contributed by atoms with van der Waals surface area (Å²) in [5, 5.41) is 19.6. The molecule has 134 valence electrons. The van der Waals surface area contributed by atoms with E-state index >= 15 is 0 Å². The Balaban J connectivity index is 0.00000170. The molecular weight excluding hydrogens is 300 g/mol. The van der Waals surface area contributed by atoms with E-state index in [0.29, 0.717) is 11.5 Å². The summed E-state index contributed by atoms with van der Waals surface area (Å²) in [4.78, 5) is 0. The molecule has 24 heavy (non-hydrogen) atoms. The van der Waals surface area contributed by atoms with E-state index in [4.69, 9.17) is 4.74 Å². The van der Waals surface area contributed by atoms with Gasteiger partial charge in [-0.15, -0.1) is 0 Å². The Morgan fingerprint density at radius 3 is 2.04 bits per heavy atom. The summed E-state index contributed by atoms with van der Waals surface area (Å²) in [6.07, 6.45) is 2.50. The van der Waals surface area contributed by atoms with Gasteiger partial charge in [0.25, 0.3) is 0 Å². The van der Waals surface area contributed by atoms with Crippen molar-refractivity contribution >= 4 is 0 Å². The molecule has 0 radical (unpaired) electrons. The second-order valence-electron chi connectivity index (χ2n) is 5.31. The van der Waals surface area contributed by atoms with Gasteiger partial charge in [0.1, 0.15) is 17.2 Å². The Kier molecular flexibility index (Phi) is 9.63. The van der Waals surface area contributed by atoms with Crippen LogP contribution in [0.15, 0.2) is 30.3 Å². The van der Waals surface area contributed by atoms with E-state index in [1.807, 2.05) is 39.8 Å². The fourth-order valence-electron chi connectivity index (χ4n) is 2.54. The molecule has 2 aromatic rings. The Labute approximate surface area is 146 Å². The first-order chi connectivity index (χ1) is 11.0. The number of aryl methyl sites for hydroxylation is 4. The van der Waals surface area contributed by atoms with Gasteiger partial charge in [-0.25, -0.2) is 0 Å². The van der Waals surface area contributed by atoms with Crippen LogP contribution < -0.4 is 4.74 Å². The fourth-order valence-corrected chi connectivity index (χ4v) is 2.54. The molecule has 0 aliphatic heterocycles. The molecule has 2 aromatic carbocycles. The summed E-state index contributed by atoms with van der Waals surface area (Å²) >= 11 is 0. The predicted molar refractivity (Wildman–Crippen MR) is 102 cm³/mol. The molecule has 2 N–H and O–H groups in total. The molecule has 0 fully saturated rings. The van der Waals surface area contributed by atoms with Gasteiger partial charge in [-0.2, -0.15) is 0 Å². The van der Waals surface area contributed by atoms with Crippen LogP contribution in [0.5, 0.6) is 17.2 Å². The topological polar surface area (TPSA) is 49.7 Å². The summed E-state index contributed by atoms with van der Waals surface area (Å²) in [5.41, 5.74) is 4.14. The second kappa shape index (κ2) is 10.6. The molecule has 0 heterocycles. The van der Waals surface area contributed by atoms with E-state index in [-0.39, 0.29) is 13.2 Å². The van der Waals surface area contributed by atoms with E-state index in [2.05, 4.69) is 6.07 Å². The van der Waals surface area contributed by atoms with Crippen LogP contribution in [0.3, 0.4) is 0 Å². The van der Waals surface area contributed by atoms with Crippen molar-refractivity contribution in [2.45, 2.75) is 54.4 Å². The van der Waals surface area contributed by atoms with Gasteiger partial charge in [0.2, 0.25) is 0 Å². The van der Waals surface area contributed by atoms with E-state index in [0.717, 1.165) is 36.0 Å². The number of hydrogen-bond acceptors (Lipinski definition) is 3. The number of benzene rings is 2. The molecule has 0 atom stereocenters. The minimum absolute atomic E-state index is 0. The first-order valence-corrected chi connectivity index (χ1v) is 8.21. The maximum absolute atomic E-state index is 9.96. The molecule has 0 aliphatic rings. The highest BCUT2D eigenvalue weighted by Gasteiger charge is 2.07. The third-order valence-electron chi connectivity index (χ3n) is 3.71. The zero-order valence-electron chi connectivity index (χ0n) is 14.8. The van der Waals surface area contributed by atoms with Gasteiger partial charge < -0.3 is 14.9 Å². The third kappa shape index (κ3) is 5.80. The normalized spacial score (nSPS) is 9.54. The number of hydrogen-bond donors (Lipinski definition) is 2. The molecule has 0 unspecified atom stereocenters. The van der Waals surface area contributed by atoms with Gasteiger partial charge in [-0.05, 0) is 60.6 Å². The monoisotopic (exact) mass is 332 g/mol. The molecule has 0 amide bonds. The van der Waals surface area contributed by atoms with Crippen molar-refractivity contribution in [2.75, 3.05) is 7.11 Å². The molecule has 3 nitrogen and oxygen atoms in total. The number of phenols is 2. The summed E-state index contributed by atoms with van der Waals surface area (Å²) in [6.45, 7) is 7.97. The highest BCUT2D eigenvalue weighted by atomic mass is 16.5. The van der Waals surface area contributed by atoms with Crippen LogP contribution in [0.4, 0.5) is 0 Å². The second-order valence-corrected chi connectivity index (χ2v) is 5.31. The zero-order chi connectivity index (χ0) is 17.4. The molecule has 0 aliphatic carbocycles. The Morgan fingerprint density at radius 2 is 1.50 bits per heavy atom. The lowest BCUT2D eigenvalue weighted by Crippen LogP contribution is -1.96. The molecule has 3 heteroatoms. The molecule has 0 spiro atoms. The minimum atomic E-state index is 0. The molecule has 0 saturated heterocycles. The van der Waals surface area contributed by atoms with Crippen LogP contribution in [0.1, 0.15) is 50.5 Å². The molecule has 0 saturated carbocycles. The average Bonchev–Trinajstić information content (AvgIpc) is 2.57. The van der Waals surface area contributed by atoms with E-state index in [9.17, 15) is 10.2 Å². The smallest absolute Gasteiger partial charge is 0.122 e. The van der Waals surface area contributed by atoms with Crippen molar-refractivity contribution in [3.05, 3.63) is 52.6 Å². The number of rotatable bonds is 5. The van der Waals surface area contributed by atoms with Crippen molar-refractivity contribution in [3.63, 3.8) is 0 Å². The van der Waals surface area contributed by atoms with Gasteiger partial charge in [-0.3, -0.25) is 0 Å². The third-order valence-corrected chi connectivity index (χ3v) is 3.71. The van der Waals surface area contributed by atoms with Gasteiger partial charge in [0.05, 0.1) is 7.11 Å². The fraction of sp³-hybridized carbons (Fsp3) is 0.429. The van der Waals surface area contributed by atoms with Gasteiger partial charge in [0, 0.05) is 6.07 Å². The first kappa shape index (κ1) is 21.8. The van der Waals surface area contributed by atoms with E-state index in [1.54, 1.807) is 19.2 Å². The van der Waals surface area contributed by atoms with Crippen molar-refractivity contribution in [1.29, 1.82) is 0 Å². The number of aromatic hydroxyl groups is 2. The molecular formula is C21H32O3. The standard InChI is InChI=1S/C18H22O3.C2H6.CH4/c1-4-15-8-13(7-12(2)18(15)20)5-6-14-9-16(19)11-17(10-14)21-3;1-2;/h7-11,19-20H,4-6H2,1-3H3;1-2H3;1H4. The lowest BCUT2D eigenvalue weighted by Gasteiger charge is -2.10. The van der Waals surface area contributed by atoms with Gasteiger partial charge in [0.15, 0.2) is 0 Å². The summed E-state index contributed by atoms with van der Waals surface area (Å²) in [7, 11) is 1.59. The predicted octanol–water partition coefficient (Wildman–Crippen LogP) is 5.42. The van der Waals surface area contributed by atoms with Crippen LogP contribution >= 0.6 is 0 Å². The molecule has 0 bridgehead atoms. The Hall–Kier alpha value is -2.16. The SMILES string of the molecule is C.CC.CCc1cc(CCc2cc(O)cc(OC)c2)cc(C)c1O. The number of methoxy groups -OCH3 is 1. The highest BCUT2D eigenvalue weighted by molar-refractivity contribution is 5.43. The first-order valence-electron chi connectivity index (χ1n) is 8.21. The van der Waals surface area contributed by atoms with Crippen molar-refractivity contribution in [2.24, 2.45) is 0 Å². The zero-order valence-corrected chi connectivity index (χ0v) is 14.8. The molecule has 2 rings (SSSR count). The van der Waals surface area contributed by atoms with Crippen LogP contribution in [0.2, 0.25) is 0 Å². The Morgan fingerprint density at radius 1 is 0.917 bits per heavy atom. The van der Waals surface area contributed by atoms with Crippen LogP contribution in [0.25, 0.3) is 0 Å². The minimum Gasteiger partial charge on any atom is -0.508 e. The largest absolute Gasteiger partial charge is 0.508 e. The van der Waals surface area contributed by atoms with E-state index in [1.165, 1.54) is 5.56 Å². The average molecular weight is 332 g/mol. The maximum Gasteiger partial charge on any atom is 0.122 e. The Bertz CT molecular complexity index is 633. The van der Waals surface area contributed by atoms with Crippen LogP contribution in [-0.2, 0) is 19.3 Å². The summed E-state index contributed by atoms with van der Waals surface area (Å²) in [6, 6.07) is 9.38. The van der Waals surface area contributed by atoms with Gasteiger partial charge in [-0.1, -0.05) is 40.3 Å². The maximum atomic E-state index is 9.96. The number of phenolic OH excluding ortho intramolecular Hbond substituents is 2. The van der Waals surface area contributed by atoms with Crippen LogP contribution in [0, 0.1) is 6.92 Å². The lowest BCUT2D eigenvalue weighted by atomic mass is 9.98. The summed E-state index contributed by atoms with van der Waals surface area (Å²) in [5.74, 6) is 1.29. The number of ether oxygens (including phenoxy) is 1. The van der Waals surface area contributed by atoms with Crippen LogP contribution in [-0.4, -0.2) is 17.3 Å². The van der Waals surface area contributed by atoms with E-state index < -0.39 is 0 Å².